The van der Waals surface area contributed by atoms with Crippen LogP contribution in [0.25, 0.3) is 0 Å². The van der Waals surface area contributed by atoms with E-state index in [0.717, 1.165) is 50.7 Å². The predicted molar refractivity (Wildman–Crippen MR) is 125 cm³/mol. The standard InChI is InChI=1S/C21H28N4OS.2ClH/c1-24-10-12-25(13-11-24)21-20-18(8-5-15-27-20)22-19(23-21)9-14-26-16-17-6-3-2-4-7-17;;/h2-4,6-7H,5,8-16H2,1H3;2*1H. The van der Waals surface area contributed by atoms with Crippen molar-refractivity contribution in [3.63, 3.8) is 0 Å². The highest BCUT2D eigenvalue weighted by molar-refractivity contribution is 7.99. The van der Waals surface area contributed by atoms with E-state index in [9.17, 15) is 0 Å². The summed E-state index contributed by atoms with van der Waals surface area (Å²) in [6.45, 7) is 5.59. The summed E-state index contributed by atoms with van der Waals surface area (Å²) in [6, 6.07) is 10.3. The van der Waals surface area contributed by atoms with E-state index in [1.807, 2.05) is 30.0 Å². The summed E-state index contributed by atoms with van der Waals surface area (Å²) in [5.74, 6) is 3.27. The van der Waals surface area contributed by atoms with Gasteiger partial charge in [0.25, 0.3) is 0 Å². The van der Waals surface area contributed by atoms with Crippen LogP contribution in [0, 0.1) is 0 Å². The molecule has 1 aromatic carbocycles. The summed E-state index contributed by atoms with van der Waals surface area (Å²) >= 11 is 1.93. The zero-order valence-corrected chi connectivity index (χ0v) is 19.3. The van der Waals surface area contributed by atoms with Gasteiger partial charge in [-0.05, 0) is 31.2 Å². The molecule has 1 aromatic heterocycles. The molecule has 160 valence electrons. The first-order valence-electron chi connectivity index (χ1n) is 9.87. The molecule has 0 atom stereocenters. The molecule has 2 aromatic rings. The number of rotatable bonds is 6. The van der Waals surface area contributed by atoms with E-state index in [0.29, 0.717) is 13.2 Å². The van der Waals surface area contributed by atoms with Gasteiger partial charge in [-0.1, -0.05) is 30.3 Å². The lowest BCUT2D eigenvalue weighted by Crippen LogP contribution is -2.45. The third kappa shape index (κ3) is 6.46. The van der Waals surface area contributed by atoms with Crippen LogP contribution in [-0.2, 0) is 24.2 Å². The van der Waals surface area contributed by atoms with Crippen LogP contribution in [-0.4, -0.2) is 60.5 Å². The minimum absolute atomic E-state index is 0. The second-order valence-corrected chi connectivity index (χ2v) is 8.37. The minimum atomic E-state index is 0. The van der Waals surface area contributed by atoms with Crippen molar-refractivity contribution in [3.8, 4) is 0 Å². The van der Waals surface area contributed by atoms with Crippen molar-refractivity contribution in [2.24, 2.45) is 0 Å². The third-order valence-electron chi connectivity index (χ3n) is 5.15. The van der Waals surface area contributed by atoms with Gasteiger partial charge in [-0.15, -0.1) is 36.6 Å². The molecule has 1 saturated heterocycles. The lowest BCUT2D eigenvalue weighted by molar-refractivity contribution is 0.122. The van der Waals surface area contributed by atoms with Gasteiger partial charge in [0, 0.05) is 32.6 Å². The Morgan fingerprint density at radius 2 is 1.79 bits per heavy atom. The van der Waals surface area contributed by atoms with Gasteiger partial charge in [-0.2, -0.15) is 0 Å². The Morgan fingerprint density at radius 1 is 1.03 bits per heavy atom. The number of piperazine rings is 1. The van der Waals surface area contributed by atoms with Crippen molar-refractivity contribution in [1.82, 2.24) is 14.9 Å². The average Bonchev–Trinajstić information content (AvgIpc) is 2.72. The summed E-state index contributed by atoms with van der Waals surface area (Å²) in [5, 5.41) is 0. The number of likely N-dealkylation sites (N-methyl/N-ethyl adjacent to an activating group) is 1. The molecule has 29 heavy (non-hydrogen) atoms. The zero-order valence-electron chi connectivity index (χ0n) is 16.9. The highest BCUT2D eigenvalue weighted by Gasteiger charge is 2.24. The van der Waals surface area contributed by atoms with E-state index in [-0.39, 0.29) is 24.8 Å². The topological polar surface area (TPSA) is 41.5 Å². The Labute approximate surface area is 190 Å². The van der Waals surface area contributed by atoms with Crippen LogP contribution in [0.15, 0.2) is 35.2 Å². The summed E-state index contributed by atoms with van der Waals surface area (Å²) in [7, 11) is 2.19. The lowest BCUT2D eigenvalue weighted by Gasteiger charge is -2.35. The van der Waals surface area contributed by atoms with Crippen LogP contribution in [0.5, 0.6) is 0 Å². The van der Waals surface area contributed by atoms with Crippen molar-refractivity contribution in [2.45, 2.75) is 30.8 Å². The monoisotopic (exact) mass is 456 g/mol. The van der Waals surface area contributed by atoms with Gasteiger partial charge in [0.05, 0.1) is 23.8 Å². The number of fused-ring (bicyclic) bond motifs is 1. The van der Waals surface area contributed by atoms with E-state index in [4.69, 9.17) is 14.7 Å². The quantitative estimate of drug-likeness (QED) is 0.614. The Hall–Kier alpha value is -1.05. The van der Waals surface area contributed by atoms with Crippen molar-refractivity contribution in [1.29, 1.82) is 0 Å². The third-order valence-corrected chi connectivity index (χ3v) is 6.35. The zero-order chi connectivity index (χ0) is 18.5. The van der Waals surface area contributed by atoms with E-state index in [1.54, 1.807) is 0 Å². The number of ether oxygens (including phenoxy) is 1. The summed E-state index contributed by atoms with van der Waals surface area (Å²) in [5.41, 5.74) is 2.45. The summed E-state index contributed by atoms with van der Waals surface area (Å²) < 4.78 is 5.86. The van der Waals surface area contributed by atoms with Gasteiger partial charge >= 0.3 is 0 Å². The predicted octanol–water partition coefficient (Wildman–Crippen LogP) is 3.87. The molecule has 0 aliphatic carbocycles. The second-order valence-electron chi connectivity index (χ2n) is 7.27. The maximum atomic E-state index is 5.86. The van der Waals surface area contributed by atoms with Gasteiger partial charge in [0.2, 0.25) is 0 Å². The molecule has 1 fully saturated rings. The molecule has 0 unspecified atom stereocenters. The first-order chi connectivity index (χ1) is 13.3. The van der Waals surface area contributed by atoms with E-state index < -0.39 is 0 Å². The molecule has 0 N–H and O–H groups in total. The second kappa shape index (κ2) is 12.0. The van der Waals surface area contributed by atoms with Crippen LogP contribution < -0.4 is 4.90 Å². The van der Waals surface area contributed by atoms with Gasteiger partial charge < -0.3 is 14.5 Å². The number of aryl methyl sites for hydroxylation is 1. The van der Waals surface area contributed by atoms with Crippen LogP contribution >= 0.6 is 36.6 Å². The summed E-state index contributed by atoms with van der Waals surface area (Å²) in [4.78, 5) is 16.0. The van der Waals surface area contributed by atoms with Crippen molar-refractivity contribution < 1.29 is 4.74 Å². The normalized spacial score (nSPS) is 16.5. The highest BCUT2D eigenvalue weighted by Crippen LogP contribution is 2.36. The molecular formula is C21H30Cl2N4OS. The fraction of sp³-hybridized carbons (Fsp3) is 0.524. The number of hydrogen-bond donors (Lipinski definition) is 0. The number of benzene rings is 1. The fourth-order valence-electron chi connectivity index (χ4n) is 3.54. The number of thioether (sulfide) groups is 1. The fourth-order valence-corrected chi connectivity index (χ4v) is 4.65. The van der Waals surface area contributed by atoms with E-state index in [2.05, 4.69) is 29.0 Å². The first-order valence-corrected chi connectivity index (χ1v) is 10.9. The Bertz CT molecular complexity index is 758. The molecular weight excluding hydrogens is 427 g/mol. The highest BCUT2D eigenvalue weighted by atomic mass is 35.5. The molecule has 4 rings (SSSR count). The number of hydrogen-bond acceptors (Lipinski definition) is 6. The maximum Gasteiger partial charge on any atom is 0.146 e. The Kier molecular flexibility index (Phi) is 9.99. The Balaban J connectivity index is 0.00000150. The van der Waals surface area contributed by atoms with Gasteiger partial charge in [0.1, 0.15) is 11.6 Å². The molecule has 3 heterocycles. The average molecular weight is 457 g/mol. The van der Waals surface area contributed by atoms with Gasteiger partial charge in [-0.3, -0.25) is 0 Å². The molecule has 2 aliphatic heterocycles. The molecule has 0 amide bonds. The molecule has 0 saturated carbocycles. The SMILES string of the molecule is CN1CCN(c2nc(CCOCc3ccccc3)nc3c2SCCC3)CC1.Cl.Cl. The van der Waals surface area contributed by atoms with Crippen LogP contribution in [0.2, 0.25) is 0 Å². The molecule has 5 nitrogen and oxygen atoms in total. The molecule has 0 spiro atoms. The van der Waals surface area contributed by atoms with Crippen molar-refractivity contribution >= 4 is 42.4 Å². The van der Waals surface area contributed by atoms with Gasteiger partial charge in [0.15, 0.2) is 0 Å². The smallest absolute Gasteiger partial charge is 0.146 e. The van der Waals surface area contributed by atoms with Crippen molar-refractivity contribution in [3.05, 3.63) is 47.4 Å². The van der Waals surface area contributed by atoms with Crippen molar-refractivity contribution in [2.75, 3.05) is 50.5 Å². The minimum Gasteiger partial charge on any atom is -0.376 e. The number of nitrogens with zero attached hydrogens (tertiary/aromatic N) is 4. The number of halogens is 2. The Morgan fingerprint density at radius 3 is 2.55 bits per heavy atom. The lowest BCUT2D eigenvalue weighted by atomic mass is 10.2. The molecule has 0 radical (unpaired) electrons. The van der Waals surface area contributed by atoms with Crippen LogP contribution in [0.4, 0.5) is 5.82 Å². The van der Waals surface area contributed by atoms with Crippen LogP contribution in [0.1, 0.15) is 23.5 Å². The molecule has 0 bridgehead atoms. The largest absolute Gasteiger partial charge is 0.376 e. The maximum absolute atomic E-state index is 5.86. The first kappa shape index (κ1) is 24.2. The number of aromatic nitrogens is 2. The molecule has 8 heteroatoms. The van der Waals surface area contributed by atoms with Gasteiger partial charge in [-0.25, -0.2) is 9.97 Å². The van der Waals surface area contributed by atoms with Crippen LogP contribution in [0.3, 0.4) is 0 Å². The van der Waals surface area contributed by atoms with E-state index >= 15 is 0 Å². The number of anilines is 1. The molecule has 2 aliphatic rings. The summed E-state index contributed by atoms with van der Waals surface area (Å²) in [6.07, 6.45) is 3.05. The van der Waals surface area contributed by atoms with E-state index in [1.165, 1.54) is 28.3 Å².